The van der Waals surface area contributed by atoms with Gasteiger partial charge in [-0.15, -0.1) is 0 Å². The van der Waals surface area contributed by atoms with Crippen molar-refractivity contribution in [3.05, 3.63) is 0 Å². The van der Waals surface area contributed by atoms with Crippen molar-refractivity contribution in [2.75, 3.05) is 26.4 Å². The first-order valence-electron chi connectivity index (χ1n) is 5.85. The fraction of sp³-hybridized carbons (Fsp3) is 0.917. The Hall–Kier alpha value is -0.590. The highest BCUT2D eigenvalue weighted by molar-refractivity contribution is 4.99. The SMILES string of the molecule is CCCCOCCOCC1(CC#N)CC1. The minimum atomic E-state index is 0.207. The van der Waals surface area contributed by atoms with Gasteiger partial charge in [-0.05, 0) is 19.3 Å². The molecule has 0 bridgehead atoms. The van der Waals surface area contributed by atoms with Crippen molar-refractivity contribution in [3.8, 4) is 6.07 Å². The van der Waals surface area contributed by atoms with Crippen molar-refractivity contribution in [3.63, 3.8) is 0 Å². The smallest absolute Gasteiger partial charge is 0.0700 e. The molecule has 15 heavy (non-hydrogen) atoms. The Kier molecular flexibility index (Phi) is 5.67. The van der Waals surface area contributed by atoms with Gasteiger partial charge in [0.05, 0.1) is 25.9 Å². The highest BCUT2D eigenvalue weighted by Gasteiger charge is 2.42. The summed E-state index contributed by atoms with van der Waals surface area (Å²) in [5.74, 6) is 0. The topological polar surface area (TPSA) is 42.2 Å². The van der Waals surface area contributed by atoms with Crippen LogP contribution in [0.3, 0.4) is 0 Å². The van der Waals surface area contributed by atoms with Gasteiger partial charge in [-0.25, -0.2) is 0 Å². The number of nitriles is 1. The third-order valence-corrected chi connectivity index (χ3v) is 2.83. The lowest BCUT2D eigenvalue weighted by Gasteiger charge is -2.11. The van der Waals surface area contributed by atoms with Gasteiger partial charge in [0.1, 0.15) is 0 Å². The maximum absolute atomic E-state index is 8.61. The zero-order valence-corrected chi connectivity index (χ0v) is 9.63. The molecule has 86 valence electrons. The Balaban J connectivity index is 1.87. The summed E-state index contributed by atoms with van der Waals surface area (Å²) >= 11 is 0. The Labute approximate surface area is 92.4 Å². The van der Waals surface area contributed by atoms with E-state index in [4.69, 9.17) is 14.7 Å². The number of nitrogens with zero attached hydrogens (tertiary/aromatic N) is 1. The van der Waals surface area contributed by atoms with Crippen molar-refractivity contribution in [1.82, 2.24) is 0 Å². The van der Waals surface area contributed by atoms with E-state index in [-0.39, 0.29) is 5.41 Å². The molecule has 0 spiro atoms. The monoisotopic (exact) mass is 211 g/mol. The van der Waals surface area contributed by atoms with E-state index >= 15 is 0 Å². The van der Waals surface area contributed by atoms with E-state index in [1.165, 1.54) is 6.42 Å². The van der Waals surface area contributed by atoms with Crippen molar-refractivity contribution in [2.24, 2.45) is 5.41 Å². The van der Waals surface area contributed by atoms with E-state index in [0.717, 1.165) is 32.5 Å². The third kappa shape index (κ3) is 5.15. The lowest BCUT2D eigenvalue weighted by atomic mass is 10.1. The van der Waals surface area contributed by atoms with E-state index in [1.807, 2.05) is 0 Å². The largest absolute Gasteiger partial charge is 0.379 e. The van der Waals surface area contributed by atoms with Crippen LogP contribution >= 0.6 is 0 Å². The Bertz CT molecular complexity index is 206. The molecule has 1 aliphatic rings. The molecule has 0 aromatic carbocycles. The lowest BCUT2D eigenvalue weighted by Crippen LogP contribution is -2.13. The summed E-state index contributed by atoms with van der Waals surface area (Å²) < 4.78 is 10.9. The Morgan fingerprint density at radius 3 is 2.53 bits per heavy atom. The number of unbranched alkanes of at least 4 members (excludes halogenated alkanes) is 1. The molecule has 1 aliphatic carbocycles. The number of hydrogen-bond donors (Lipinski definition) is 0. The first-order valence-corrected chi connectivity index (χ1v) is 5.85. The molecule has 0 heterocycles. The summed E-state index contributed by atoms with van der Waals surface area (Å²) in [6.45, 7) is 5.07. The van der Waals surface area contributed by atoms with Crippen LogP contribution in [0.2, 0.25) is 0 Å². The third-order valence-electron chi connectivity index (χ3n) is 2.83. The molecule has 0 radical (unpaired) electrons. The maximum atomic E-state index is 8.61. The quantitative estimate of drug-likeness (QED) is 0.550. The van der Waals surface area contributed by atoms with E-state index < -0.39 is 0 Å². The fourth-order valence-electron chi connectivity index (χ4n) is 1.47. The molecule has 3 heteroatoms. The summed E-state index contributed by atoms with van der Waals surface area (Å²) in [5, 5.41) is 8.61. The zero-order valence-electron chi connectivity index (χ0n) is 9.63. The van der Waals surface area contributed by atoms with Gasteiger partial charge < -0.3 is 9.47 Å². The highest BCUT2D eigenvalue weighted by Crippen LogP contribution is 2.48. The average molecular weight is 211 g/mol. The molecule has 1 fully saturated rings. The first kappa shape index (κ1) is 12.5. The molecule has 0 atom stereocenters. The second-order valence-electron chi connectivity index (χ2n) is 4.35. The minimum Gasteiger partial charge on any atom is -0.379 e. The van der Waals surface area contributed by atoms with Gasteiger partial charge in [0, 0.05) is 18.4 Å². The zero-order chi connectivity index (χ0) is 11.0. The maximum Gasteiger partial charge on any atom is 0.0700 e. The molecule has 1 saturated carbocycles. The van der Waals surface area contributed by atoms with Crippen molar-refractivity contribution in [1.29, 1.82) is 5.26 Å². The molecule has 0 aliphatic heterocycles. The highest BCUT2D eigenvalue weighted by atomic mass is 16.5. The van der Waals surface area contributed by atoms with Crippen molar-refractivity contribution >= 4 is 0 Å². The normalized spacial score (nSPS) is 17.3. The Morgan fingerprint density at radius 1 is 1.20 bits per heavy atom. The lowest BCUT2D eigenvalue weighted by molar-refractivity contribution is 0.0288. The predicted octanol–water partition coefficient (Wildman–Crippen LogP) is 2.51. The average Bonchev–Trinajstić information content (AvgIpc) is 2.98. The Morgan fingerprint density at radius 2 is 1.93 bits per heavy atom. The van der Waals surface area contributed by atoms with E-state index in [2.05, 4.69) is 13.0 Å². The van der Waals surface area contributed by atoms with Gasteiger partial charge in [-0.3, -0.25) is 0 Å². The molecule has 0 N–H and O–H groups in total. The van der Waals surface area contributed by atoms with Gasteiger partial charge in [0.15, 0.2) is 0 Å². The molecule has 3 nitrogen and oxygen atoms in total. The van der Waals surface area contributed by atoms with Crippen molar-refractivity contribution in [2.45, 2.75) is 39.0 Å². The summed E-state index contributed by atoms with van der Waals surface area (Å²) in [6.07, 6.45) is 5.24. The number of rotatable bonds is 9. The van der Waals surface area contributed by atoms with Gasteiger partial charge >= 0.3 is 0 Å². The van der Waals surface area contributed by atoms with Gasteiger partial charge in [0.25, 0.3) is 0 Å². The van der Waals surface area contributed by atoms with Gasteiger partial charge in [-0.1, -0.05) is 13.3 Å². The molecular weight excluding hydrogens is 190 g/mol. The first-order chi connectivity index (χ1) is 7.33. The van der Waals surface area contributed by atoms with Crippen LogP contribution in [0.15, 0.2) is 0 Å². The van der Waals surface area contributed by atoms with Crippen molar-refractivity contribution < 1.29 is 9.47 Å². The molecule has 0 amide bonds. The van der Waals surface area contributed by atoms with Crippen LogP contribution in [-0.4, -0.2) is 26.4 Å². The standard InChI is InChI=1S/C12H21NO2/c1-2-3-8-14-9-10-15-11-12(4-5-12)6-7-13/h2-6,8-11H2,1H3. The summed E-state index contributed by atoms with van der Waals surface area (Å²) in [5.41, 5.74) is 0.207. The van der Waals surface area contributed by atoms with Crippen LogP contribution in [0.5, 0.6) is 0 Å². The van der Waals surface area contributed by atoms with Gasteiger partial charge in [-0.2, -0.15) is 5.26 Å². The van der Waals surface area contributed by atoms with Crippen LogP contribution in [0, 0.1) is 16.7 Å². The summed E-state index contributed by atoms with van der Waals surface area (Å²) in [7, 11) is 0. The predicted molar refractivity (Wildman–Crippen MR) is 58.4 cm³/mol. The molecular formula is C12H21NO2. The summed E-state index contributed by atoms with van der Waals surface area (Å²) in [4.78, 5) is 0. The molecule has 1 rings (SSSR count). The van der Waals surface area contributed by atoms with Crippen LogP contribution in [-0.2, 0) is 9.47 Å². The van der Waals surface area contributed by atoms with E-state index in [9.17, 15) is 0 Å². The fourth-order valence-corrected chi connectivity index (χ4v) is 1.47. The van der Waals surface area contributed by atoms with E-state index in [1.54, 1.807) is 0 Å². The number of ether oxygens (including phenoxy) is 2. The molecule has 0 aromatic rings. The molecule has 0 unspecified atom stereocenters. The van der Waals surface area contributed by atoms with Gasteiger partial charge in [0.2, 0.25) is 0 Å². The second-order valence-corrected chi connectivity index (χ2v) is 4.35. The molecule has 0 saturated heterocycles. The van der Waals surface area contributed by atoms with E-state index in [0.29, 0.717) is 19.6 Å². The molecule has 0 aromatic heterocycles. The number of hydrogen-bond acceptors (Lipinski definition) is 3. The second kappa shape index (κ2) is 6.81. The minimum absolute atomic E-state index is 0.207. The summed E-state index contributed by atoms with van der Waals surface area (Å²) in [6, 6.07) is 2.23. The van der Waals surface area contributed by atoms with Crippen LogP contribution in [0.4, 0.5) is 0 Å². The van der Waals surface area contributed by atoms with Crippen LogP contribution in [0.25, 0.3) is 0 Å². The van der Waals surface area contributed by atoms with Crippen LogP contribution in [0.1, 0.15) is 39.0 Å². The van der Waals surface area contributed by atoms with Crippen LogP contribution < -0.4 is 0 Å².